The molecule has 0 saturated carbocycles. The molecule has 0 saturated heterocycles. The smallest absolute Gasteiger partial charge is 0.108 e. The number of hydrogen-bond donors (Lipinski definition) is 0. The first-order valence-corrected chi connectivity index (χ1v) is 5.54. The molecule has 0 fully saturated rings. The molecule has 16 heavy (non-hydrogen) atoms. The summed E-state index contributed by atoms with van der Waals surface area (Å²) in [5.41, 5.74) is 6.49. The number of aryl methyl sites for hydroxylation is 1. The Labute approximate surface area is 95.7 Å². The Balaban J connectivity index is 2.29. The van der Waals surface area contributed by atoms with Gasteiger partial charge in [-0.25, -0.2) is 0 Å². The van der Waals surface area contributed by atoms with Gasteiger partial charge in [-0.3, -0.25) is 0 Å². The average molecular weight is 210 g/mol. The second-order valence-corrected chi connectivity index (χ2v) is 4.29. The van der Waals surface area contributed by atoms with Gasteiger partial charge < -0.3 is 4.74 Å². The average Bonchev–Trinajstić information content (AvgIpc) is 2.61. The van der Waals surface area contributed by atoms with E-state index in [2.05, 4.69) is 49.4 Å². The van der Waals surface area contributed by atoms with Crippen LogP contribution in [0.2, 0.25) is 0 Å². The van der Waals surface area contributed by atoms with Crippen LogP contribution in [0, 0.1) is 6.92 Å². The molecule has 1 atom stereocenters. The maximum absolute atomic E-state index is 5.62. The lowest BCUT2D eigenvalue weighted by Gasteiger charge is -2.11. The van der Waals surface area contributed by atoms with Crippen LogP contribution in [-0.4, -0.2) is 7.11 Å². The highest BCUT2D eigenvalue weighted by atomic mass is 16.5. The number of benzene rings is 2. The molecule has 3 rings (SSSR count). The van der Waals surface area contributed by atoms with E-state index in [0.717, 1.165) is 0 Å². The topological polar surface area (TPSA) is 9.23 Å². The van der Waals surface area contributed by atoms with Gasteiger partial charge in [0.1, 0.15) is 6.10 Å². The van der Waals surface area contributed by atoms with Crippen molar-refractivity contribution in [3.63, 3.8) is 0 Å². The van der Waals surface area contributed by atoms with Gasteiger partial charge in [-0.15, -0.1) is 0 Å². The molecule has 1 aliphatic carbocycles. The molecule has 1 unspecified atom stereocenters. The first-order chi connectivity index (χ1) is 7.81. The van der Waals surface area contributed by atoms with Gasteiger partial charge in [0.15, 0.2) is 0 Å². The molecule has 2 aromatic rings. The van der Waals surface area contributed by atoms with E-state index in [1.165, 1.54) is 27.8 Å². The number of ether oxygens (including phenoxy) is 1. The Bertz CT molecular complexity index is 543. The molecule has 0 spiro atoms. The standard InChI is InChI=1S/C15H14O/c1-10-7-8-12-11-5-3-4-6-13(11)15(16-2)14(12)9-10/h3-9,15H,1-2H3. The van der Waals surface area contributed by atoms with Gasteiger partial charge in [-0.05, 0) is 29.2 Å². The molecule has 1 heteroatoms. The molecule has 1 aliphatic rings. The number of rotatable bonds is 1. The summed E-state index contributed by atoms with van der Waals surface area (Å²) < 4.78 is 5.62. The van der Waals surface area contributed by atoms with E-state index in [4.69, 9.17) is 4.74 Å². The SMILES string of the molecule is COC1c2ccccc2-c2ccc(C)cc21. The maximum Gasteiger partial charge on any atom is 0.108 e. The van der Waals surface area contributed by atoms with E-state index in [0.29, 0.717) is 0 Å². The summed E-state index contributed by atoms with van der Waals surface area (Å²) in [5, 5.41) is 0. The highest BCUT2D eigenvalue weighted by molar-refractivity contribution is 5.78. The summed E-state index contributed by atoms with van der Waals surface area (Å²) in [4.78, 5) is 0. The monoisotopic (exact) mass is 210 g/mol. The Morgan fingerprint density at radius 3 is 2.50 bits per heavy atom. The number of methoxy groups -OCH3 is 1. The van der Waals surface area contributed by atoms with Gasteiger partial charge in [0.05, 0.1) is 0 Å². The maximum atomic E-state index is 5.62. The number of hydrogen-bond acceptors (Lipinski definition) is 1. The van der Waals surface area contributed by atoms with Crippen LogP contribution >= 0.6 is 0 Å². The van der Waals surface area contributed by atoms with E-state index in [1.807, 2.05) is 0 Å². The van der Waals surface area contributed by atoms with Crippen LogP contribution < -0.4 is 0 Å². The molecule has 0 amide bonds. The third-order valence-electron chi connectivity index (χ3n) is 3.26. The fourth-order valence-corrected chi connectivity index (χ4v) is 2.54. The van der Waals surface area contributed by atoms with Gasteiger partial charge >= 0.3 is 0 Å². The van der Waals surface area contributed by atoms with Crippen LogP contribution in [0.4, 0.5) is 0 Å². The van der Waals surface area contributed by atoms with Crippen molar-refractivity contribution in [1.82, 2.24) is 0 Å². The van der Waals surface area contributed by atoms with Gasteiger partial charge in [0.25, 0.3) is 0 Å². The van der Waals surface area contributed by atoms with Gasteiger partial charge in [0.2, 0.25) is 0 Å². The van der Waals surface area contributed by atoms with Crippen LogP contribution in [-0.2, 0) is 4.74 Å². The lowest BCUT2D eigenvalue weighted by molar-refractivity contribution is 0.140. The lowest BCUT2D eigenvalue weighted by atomic mass is 10.0. The molecular formula is C15H14O. The van der Waals surface area contributed by atoms with E-state index >= 15 is 0 Å². The van der Waals surface area contributed by atoms with E-state index < -0.39 is 0 Å². The molecule has 0 radical (unpaired) electrons. The van der Waals surface area contributed by atoms with Crippen molar-refractivity contribution in [1.29, 1.82) is 0 Å². The van der Waals surface area contributed by atoms with Gasteiger partial charge in [0, 0.05) is 7.11 Å². The summed E-state index contributed by atoms with van der Waals surface area (Å²) in [7, 11) is 1.78. The van der Waals surface area contributed by atoms with E-state index in [1.54, 1.807) is 7.11 Å². The molecule has 80 valence electrons. The summed E-state index contributed by atoms with van der Waals surface area (Å²) in [6.45, 7) is 2.12. The molecular weight excluding hydrogens is 196 g/mol. The second-order valence-electron chi connectivity index (χ2n) is 4.29. The minimum absolute atomic E-state index is 0.103. The molecule has 1 nitrogen and oxygen atoms in total. The zero-order valence-corrected chi connectivity index (χ0v) is 9.53. The minimum Gasteiger partial charge on any atom is -0.372 e. The first-order valence-electron chi connectivity index (χ1n) is 5.54. The third-order valence-corrected chi connectivity index (χ3v) is 3.26. The fourth-order valence-electron chi connectivity index (χ4n) is 2.54. The molecule has 2 aromatic carbocycles. The zero-order valence-electron chi connectivity index (χ0n) is 9.53. The van der Waals surface area contributed by atoms with Crippen LogP contribution in [0.3, 0.4) is 0 Å². The predicted molar refractivity (Wildman–Crippen MR) is 65.5 cm³/mol. The summed E-state index contributed by atoms with van der Waals surface area (Å²) in [6, 6.07) is 15.1. The van der Waals surface area contributed by atoms with Crippen LogP contribution in [0.25, 0.3) is 11.1 Å². The van der Waals surface area contributed by atoms with Crippen molar-refractivity contribution in [2.45, 2.75) is 13.0 Å². The highest BCUT2D eigenvalue weighted by Gasteiger charge is 2.27. The van der Waals surface area contributed by atoms with Crippen molar-refractivity contribution < 1.29 is 4.74 Å². The highest BCUT2D eigenvalue weighted by Crippen LogP contribution is 2.44. The predicted octanol–water partition coefficient (Wildman–Crippen LogP) is 3.71. The molecule has 0 N–H and O–H groups in total. The molecule has 0 aromatic heterocycles. The third kappa shape index (κ3) is 1.22. The van der Waals surface area contributed by atoms with E-state index in [9.17, 15) is 0 Å². The Morgan fingerprint density at radius 2 is 1.69 bits per heavy atom. The quantitative estimate of drug-likeness (QED) is 0.697. The van der Waals surface area contributed by atoms with Crippen LogP contribution in [0.1, 0.15) is 22.8 Å². The first kappa shape index (κ1) is 9.61. The van der Waals surface area contributed by atoms with Crippen LogP contribution in [0.15, 0.2) is 42.5 Å². The minimum atomic E-state index is 0.103. The zero-order chi connectivity index (χ0) is 11.1. The Kier molecular flexibility index (Phi) is 2.08. The summed E-state index contributed by atoms with van der Waals surface area (Å²) in [5.74, 6) is 0. The van der Waals surface area contributed by atoms with Gasteiger partial charge in [-0.2, -0.15) is 0 Å². The van der Waals surface area contributed by atoms with E-state index in [-0.39, 0.29) is 6.10 Å². The molecule has 0 aliphatic heterocycles. The Morgan fingerprint density at radius 1 is 0.938 bits per heavy atom. The van der Waals surface area contributed by atoms with Crippen molar-refractivity contribution in [2.24, 2.45) is 0 Å². The largest absolute Gasteiger partial charge is 0.372 e. The van der Waals surface area contributed by atoms with Crippen molar-refractivity contribution >= 4 is 0 Å². The fraction of sp³-hybridized carbons (Fsp3) is 0.200. The van der Waals surface area contributed by atoms with Crippen molar-refractivity contribution in [3.8, 4) is 11.1 Å². The molecule has 0 bridgehead atoms. The van der Waals surface area contributed by atoms with Crippen molar-refractivity contribution in [3.05, 3.63) is 59.2 Å². The second kappa shape index (κ2) is 3.46. The van der Waals surface area contributed by atoms with Gasteiger partial charge in [-0.1, -0.05) is 48.0 Å². The lowest BCUT2D eigenvalue weighted by Crippen LogP contribution is -1.98. The Hall–Kier alpha value is -1.60. The summed E-state index contributed by atoms with van der Waals surface area (Å²) in [6.07, 6.45) is 0.103. The van der Waals surface area contributed by atoms with Crippen molar-refractivity contribution in [2.75, 3.05) is 7.11 Å². The van der Waals surface area contributed by atoms with Crippen LogP contribution in [0.5, 0.6) is 0 Å². The normalized spacial score (nSPS) is 17.0. The summed E-state index contributed by atoms with van der Waals surface area (Å²) >= 11 is 0. The molecule has 0 heterocycles. The number of fused-ring (bicyclic) bond motifs is 3.